The minimum atomic E-state index is -1.43. The van der Waals surface area contributed by atoms with Crippen molar-refractivity contribution >= 4 is 28.6 Å². The maximum absolute atomic E-state index is 13.3. The van der Waals surface area contributed by atoms with E-state index in [9.17, 15) is 29.7 Å². The number of hydrogen-bond acceptors (Lipinski definition) is 8. The predicted molar refractivity (Wildman–Crippen MR) is 170 cm³/mol. The molecule has 0 spiro atoms. The third-order valence-corrected chi connectivity index (χ3v) is 8.37. The minimum absolute atomic E-state index is 0.00559. The van der Waals surface area contributed by atoms with E-state index < -0.39 is 48.5 Å². The van der Waals surface area contributed by atoms with Crippen molar-refractivity contribution in [1.82, 2.24) is 20.9 Å². The highest BCUT2D eigenvalue weighted by Crippen LogP contribution is 2.39. The number of benzene rings is 1. The number of fused-ring (bicyclic) bond motifs is 1. The molecule has 252 valence electrons. The molecule has 3 amide bonds. The van der Waals surface area contributed by atoms with Gasteiger partial charge in [0.1, 0.15) is 30.4 Å². The number of aromatic amines is 1. The Bertz CT molecular complexity index is 1280. The normalized spacial score (nSPS) is 23.0. The summed E-state index contributed by atoms with van der Waals surface area (Å²) in [5.41, 5.74) is 1.76. The Morgan fingerprint density at radius 3 is 2.38 bits per heavy atom. The summed E-state index contributed by atoms with van der Waals surface area (Å²) >= 11 is 0. The second kappa shape index (κ2) is 16.0. The fraction of sp³-hybridized carbons (Fsp3) is 0.667. The molecule has 0 radical (unpaired) electrons. The van der Waals surface area contributed by atoms with Crippen LogP contribution in [0.4, 0.5) is 0 Å². The zero-order valence-electron chi connectivity index (χ0n) is 27.4. The van der Waals surface area contributed by atoms with Gasteiger partial charge >= 0.3 is 0 Å². The monoisotopic (exact) mass is 632 g/mol. The average Bonchev–Trinajstić information content (AvgIpc) is 3.35. The first kappa shape index (κ1) is 36.4. The van der Waals surface area contributed by atoms with Crippen LogP contribution in [0.1, 0.15) is 72.8 Å². The Hall–Kier alpha value is -3.03. The molecule has 0 saturated carbocycles. The standard InChI is InChI=1S/C33H52N4O8/c1-20(39)36-25(16-22-17-34-24-11-8-7-10-23(22)24)30(43)35-18-26-28(41)29(42)27(37-21(2)40)31(45-26)44-15-9-12-32(3,4)19-33(5,6)13-14-38/h7-8,10-11,17,25-29,31,34,38,41-42H,9,12-16,18-19H2,1-6H3,(H,35,43)(H,36,39)(H,37,40). The van der Waals surface area contributed by atoms with Crippen LogP contribution in [0.25, 0.3) is 10.9 Å². The molecule has 12 nitrogen and oxygen atoms in total. The van der Waals surface area contributed by atoms with Crippen LogP contribution >= 0.6 is 0 Å². The maximum Gasteiger partial charge on any atom is 0.243 e. The predicted octanol–water partition coefficient (Wildman–Crippen LogP) is 1.90. The van der Waals surface area contributed by atoms with Gasteiger partial charge in [0.2, 0.25) is 17.7 Å². The number of carbonyl (C=O) groups excluding carboxylic acids is 3. The number of aliphatic hydroxyl groups excluding tert-OH is 3. The van der Waals surface area contributed by atoms with Crippen LogP contribution < -0.4 is 16.0 Å². The van der Waals surface area contributed by atoms with Crippen LogP contribution in [0, 0.1) is 10.8 Å². The van der Waals surface area contributed by atoms with Crippen molar-refractivity contribution in [3.8, 4) is 0 Å². The summed E-state index contributed by atoms with van der Waals surface area (Å²) < 4.78 is 12.0. The first-order chi connectivity index (χ1) is 21.1. The van der Waals surface area contributed by atoms with Crippen molar-refractivity contribution in [2.45, 2.75) is 110 Å². The van der Waals surface area contributed by atoms with Gasteiger partial charge in [-0.1, -0.05) is 45.9 Å². The fourth-order valence-electron chi connectivity index (χ4n) is 6.46. The molecular formula is C33H52N4O8. The largest absolute Gasteiger partial charge is 0.396 e. The van der Waals surface area contributed by atoms with E-state index in [1.807, 2.05) is 24.3 Å². The second-order valence-electron chi connectivity index (χ2n) is 13.8. The Morgan fingerprint density at radius 1 is 1.02 bits per heavy atom. The van der Waals surface area contributed by atoms with Gasteiger partial charge in [0.25, 0.3) is 0 Å². The first-order valence-corrected chi connectivity index (χ1v) is 15.7. The molecule has 12 heteroatoms. The van der Waals surface area contributed by atoms with Gasteiger partial charge in [-0.3, -0.25) is 14.4 Å². The van der Waals surface area contributed by atoms with Crippen molar-refractivity contribution in [3.05, 3.63) is 36.0 Å². The number of aromatic nitrogens is 1. The van der Waals surface area contributed by atoms with Crippen LogP contribution in [0.2, 0.25) is 0 Å². The van der Waals surface area contributed by atoms with Crippen molar-refractivity contribution in [2.75, 3.05) is 19.8 Å². The van der Waals surface area contributed by atoms with Crippen LogP contribution in [-0.4, -0.2) is 94.5 Å². The topological polar surface area (TPSA) is 182 Å². The lowest BCUT2D eigenvalue weighted by Gasteiger charge is -2.43. The van der Waals surface area contributed by atoms with E-state index in [0.717, 1.165) is 29.3 Å². The summed E-state index contributed by atoms with van der Waals surface area (Å²) in [4.78, 5) is 40.3. The average molecular weight is 633 g/mol. The third-order valence-electron chi connectivity index (χ3n) is 8.37. The highest BCUT2D eigenvalue weighted by Gasteiger charge is 2.45. The van der Waals surface area contributed by atoms with Gasteiger partial charge in [-0.15, -0.1) is 0 Å². The van der Waals surface area contributed by atoms with Gasteiger partial charge in [-0.05, 0) is 48.1 Å². The number of nitrogens with one attached hydrogen (secondary N) is 4. The summed E-state index contributed by atoms with van der Waals surface area (Å²) in [6.07, 6.45) is 0.238. The van der Waals surface area contributed by atoms with E-state index in [-0.39, 0.29) is 42.9 Å². The highest BCUT2D eigenvalue weighted by molar-refractivity contribution is 5.89. The lowest BCUT2D eigenvalue weighted by atomic mass is 9.71. The van der Waals surface area contributed by atoms with Crippen molar-refractivity contribution in [1.29, 1.82) is 0 Å². The van der Waals surface area contributed by atoms with Crippen LogP contribution in [0.3, 0.4) is 0 Å². The second-order valence-corrected chi connectivity index (χ2v) is 13.8. The van der Waals surface area contributed by atoms with E-state index in [0.29, 0.717) is 12.8 Å². The van der Waals surface area contributed by atoms with Crippen LogP contribution in [0.5, 0.6) is 0 Å². The van der Waals surface area contributed by atoms with Gasteiger partial charge < -0.3 is 45.7 Å². The molecular weight excluding hydrogens is 580 g/mol. The van der Waals surface area contributed by atoms with E-state index in [1.54, 1.807) is 6.20 Å². The van der Waals surface area contributed by atoms with Gasteiger partial charge in [0.05, 0.1) is 0 Å². The molecule has 1 aromatic heterocycles. The molecule has 0 bridgehead atoms. The minimum Gasteiger partial charge on any atom is -0.396 e. The van der Waals surface area contributed by atoms with Crippen LogP contribution in [-0.2, 0) is 30.3 Å². The van der Waals surface area contributed by atoms with Gasteiger partial charge in [0, 0.05) is 57.1 Å². The Labute approximate surface area is 265 Å². The summed E-state index contributed by atoms with van der Waals surface area (Å²) in [7, 11) is 0. The molecule has 6 unspecified atom stereocenters. The number of amides is 3. The number of para-hydroxylation sites is 1. The summed E-state index contributed by atoms with van der Waals surface area (Å²) in [6, 6.07) is 5.75. The van der Waals surface area contributed by atoms with E-state index >= 15 is 0 Å². The number of carbonyl (C=O) groups is 3. The zero-order chi connectivity index (χ0) is 33.4. The molecule has 2 aromatic rings. The molecule has 1 aliphatic heterocycles. The van der Waals surface area contributed by atoms with Crippen LogP contribution in [0.15, 0.2) is 30.5 Å². The maximum atomic E-state index is 13.3. The highest BCUT2D eigenvalue weighted by atomic mass is 16.7. The van der Waals surface area contributed by atoms with Crippen molar-refractivity contribution < 1.29 is 39.2 Å². The molecule has 2 heterocycles. The quantitative estimate of drug-likeness (QED) is 0.137. The van der Waals surface area contributed by atoms with Gasteiger partial charge in [-0.25, -0.2) is 0 Å². The number of aliphatic hydroxyl groups is 3. The smallest absolute Gasteiger partial charge is 0.243 e. The number of hydrogen-bond donors (Lipinski definition) is 7. The summed E-state index contributed by atoms with van der Waals surface area (Å²) in [5, 5.41) is 40.2. The van der Waals surface area contributed by atoms with E-state index in [2.05, 4.69) is 48.6 Å². The fourth-order valence-corrected chi connectivity index (χ4v) is 6.46. The number of ether oxygens (including phenoxy) is 2. The molecule has 6 atom stereocenters. The summed E-state index contributed by atoms with van der Waals surface area (Å²) in [6.45, 7) is 11.5. The lowest BCUT2D eigenvalue weighted by molar-refractivity contribution is -0.263. The lowest BCUT2D eigenvalue weighted by Crippen LogP contribution is -2.65. The molecule has 1 fully saturated rings. The zero-order valence-corrected chi connectivity index (χ0v) is 27.4. The molecule has 1 aromatic carbocycles. The number of rotatable bonds is 16. The Morgan fingerprint density at radius 2 is 1.71 bits per heavy atom. The van der Waals surface area contributed by atoms with Gasteiger partial charge in [-0.2, -0.15) is 0 Å². The molecule has 7 N–H and O–H groups in total. The van der Waals surface area contributed by atoms with Crippen molar-refractivity contribution in [2.24, 2.45) is 10.8 Å². The molecule has 1 saturated heterocycles. The molecule has 0 aliphatic carbocycles. The third kappa shape index (κ3) is 10.8. The molecule has 3 rings (SSSR count). The molecule has 1 aliphatic rings. The molecule has 45 heavy (non-hydrogen) atoms. The SMILES string of the molecule is CC(=O)NC(Cc1c[nH]c2ccccc12)C(=O)NCC1OC(OCCCC(C)(C)CC(C)(C)CCO)C(NC(C)=O)C(O)C1O. The van der Waals surface area contributed by atoms with Gasteiger partial charge in [0.15, 0.2) is 6.29 Å². The first-order valence-electron chi connectivity index (χ1n) is 15.7. The summed E-state index contributed by atoms with van der Waals surface area (Å²) in [5.74, 6) is -1.27. The number of H-pyrrole nitrogens is 1. The Kier molecular flexibility index (Phi) is 13.0. The van der Waals surface area contributed by atoms with Crippen molar-refractivity contribution in [3.63, 3.8) is 0 Å². The van der Waals surface area contributed by atoms with E-state index in [4.69, 9.17) is 9.47 Å². The Balaban J connectivity index is 1.63. The van der Waals surface area contributed by atoms with E-state index in [1.165, 1.54) is 13.8 Å².